The van der Waals surface area contributed by atoms with Crippen LogP contribution in [-0.2, 0) is 14.8 Å². The number of thiophene rings is 1. The molecule has 2 aromatic carbocycles. The van der Waals surface area contributed by atoms with Crippen molar-refractivity contribution in [2.24, 2.45) is 0 Å². The molecule has 0 saturated heterocycles. The zero-order valence-electron chi connectivity index (χ0n) is 15.1. The molecule has 4 rings (SSSR count). The summed E-state index contributed by atoms with van der Waals surface area (Å²) in [6.07, 6.45) is 0.234. The van der Waals surface area contributed by atoms with Crippen LogP contribution >= 0.6 is 11.3 Å². The molecule has 7 heteroatoms. The third-order valence-electron chi connectivity index (χ3n) is 5.04. The molecule has 1 aliphatic carbocycles. The van der Waals surface area contributed by atoms with Gasteiger partial charge in [0.25, 0.3) is 0 Å². The molecule has 3 aromatic rings. The summed E-state index contributed by atoms with van der Waals surface area (Å²) in [6, 6.07) is 17.7. The molecule has 5 nitrogen and oxygen atoms in total. The van der Waals surface area contributed by atoms with Gasteiger partial charge in [0, 0.05) is 10.8 Å². The average molecular weight is 414 g/mol. The molecule has 2 atom stereocenters. The van der Waals surface area contributed by atoms with Crippen molar-refractivity contribution in [1.29, 1.82) is 0 Å². The van der Waals surface area contributed by atoms with E-state index in [0.29, 0.717) is 0 Å². The summed E-state index contributed by atoms with van der Waals surface area (Å²) in [4.78, 5) is 13.0. The number of benzene rings is 2. The lowest BCUT2D eigenvalue weighted by molar-refractivity contribution is -0.140. The van der Waals surface area contributed by atoms with Crippen molar-refractivity contribution in [2.45, 2.75) is 29.7 Å². The molecule has 144 valence electrons. The van der Waals surface area contributed by atoms with Crippen LogP contribution in [0.3, 0.4) is 0 Å². The minimum absolute atomic E-state index is 0.0591. The van der Waals surface area contributed by atoms with Crippen molar-refractivity contribution in [2.75, 3.05) is 0 Å². The summed E-state index contributed by atoms with van der Waals surface area (Å²) in [5.74, 6) is -1.54. The van der Waals surface area contributed by atoms with Crippen LogP contribution in [0.1, 0.15) is 23.5 Å². The van der Waals surface area contributed by atoms with E-state index in [9.17, 15) is 18.3 Å². The Labute approximate surface area is 167 Å². The number of rotatable bonds is 6. The SMILES string of the molecule is Cc1csc(-c2ccc(S(=O)(=O)NC3(C(=O)O)C[C@H]3c3ccccc3)cc2)c1. The smallest absolute Gasteiger partial charge is 0.325 e. The molecule has 0 spiro atoms. The van der Waals surface area contributed by atoms with E-state index in [4.69, 9.17) is 0 Å². The van der Waals surface area contributed by atoms with Crippen molar-refractivity contribution in [3.63, 3.8) is 0 Å². The fraction of sp³-hybridized carbons (Fsp3) is 0.190. The first kappa shape index (κ1) is 18.9. The topological polar surface area (TPSA) is 83.5 Å². The Bertz CT molecular complexity index is 1120. The summed E-state index contributed by atoms with van der Waals surface area (Å²) in [7, 11) is -3.96. The molecule has 1 saturated carbocycles. The highest BCUT2D eigenvalue weighted by Crippen LogP contribution is 2.52. The van der Waals surface area contributed by atoms with Crippen molar-refractivity contribution >= 4 is 27.3 Å². The quantitative estimate of drug-likeness (QED) is 0.640. The number of hydrogen-bond donors (Lipinski definition) is 2. The highest BCUT2D eigenvalue weighted by atomic mass is 32.2. The second-order valence-electron chi connectivity index (χ2n) is 7.06. The van der Waals surface area contributed by atoms with Crippen molar-refractivity contribution in [3.05, 3.63) is 77.2 Å². The number of sulfonamides is 1. The Balaban J connectivity index is 1.59. The zero-order chi connectivity index (χ0) is 19.9. The fourth-order valence-electron chi connectivity index (χ4n) is 3.42. The molecule has 0 radical (unpaired) electrons. The molecular formula is C21H19NO4S2. The van der Waals surface area contributed by atoms with Crippen LogP contribution in [-0.4, -0.2) is 25.0 Å². The Kier molecular flexibility index (Phi) is 4.61. The van der Waals surface area contributed by atoms with Gasteiger partial charge >= 0.3 is 5.97 Å². The maximum Gasteiger partial charge on any atom is 0.325 e. The number of carboxylic acids is 1. The van der Waals surface area contributed by atoms with Gasteiger partial charge in [-0.1, -0.05) is 42.5 Å². The highest BCUT2D eigenvalue weighted by molar-refractivity contribution is 7.89. The van der Waals surface area contributed by atoms with Gasteiger partial charge in [0.1, 0.15) is 5.54 Å². The standard InChI is InChI=1S/C21H19NO4S2/c1-14-11-19(27-13-14)16-7-9-17(10-8-16)28(25,26)22-21(20(23)24)12-18(21)15-5-3-2-4-6-15/h2-11,13,18,22H,12H2,1H3,(H,23,24)/t18-,21?/m0/s1. The van der Waals surface area contributed by atoms with Gasteiger partial charge in [0.05, 0.1) is 4.90 Å². The first-order valence-corrected chi connectivity index (χ1v) is 11.2. The number of aryl methyl sites for hydroxylation is 1. The third kappa shape index (κ3) is 3.37. The van der Waals surface area contributed by atoms with Gasteiger partial charge in [-0.3, -0.25) is 4.79 Å². The number of hydrogen-bond acceptors (Lipinski definition) is 4. The average Bonchev–Trinajstić information content (AvgIpc) is 3.24. The molecule has 2 N–H and O–H groups in total. The fourth-order valence-corrected chi connectivity index (χ4v) is 5.73. The highest BCUT2D eigenvalue weighted by Gasteiger charge is 2.63. The molecule has 0 bridgehead atoms. The van der Waals surface area contributed by atoms with Crippen molar-refractivity contribution in [3.8, 4) is 10.4 Å². The van der Waals surface area contributed by atoms with E-state index in [1.807, 2.05) is 48.7 Å². The van der Waals surface area contributed by atoms with E-state index in [-0.39, 0.29) is 17.2 Å². The van der Waals surface area contributed by atoms with Crippen LogP contribution in [0.4, 0.5) is 0 Å². The Morgan fingerprint density at radius 1 is 1.14 bits per heavy atom. The minimum atomic E-state index is -3.96. The molecular weight excluding hydrogens is 394 g/mol. The molecule has 1 aliphatic rings. The normalized spacial score (nSPS) is 21.4. The predicted molar refractivity (Wildman–Crippen MR) is 109 cm³/mol. The van der Waals surface area contributed by atoms with Gasteiger partial charge in [0.2, 0.25) is 10.0 Å². The zero-order valence-corrected chi connectivity index (χ0v) is 16.8. The van der Waals surface area contributed by atoms with E-state index in [1.54, 1.807) is 23.5 Å². The number of carbonyl (C=O) groups is 1. The Morgan fingerprint density at radius 2 is 1.82 bits per heavy atom. The van der Waals surface area contributed by atoms with Crippen molar-refractivity contribution in [1.82, 2.24) is 4.72 Å². The lowest BCUT2D eigenvalue weighted by Crippen LogP contribution is -2.44. The summed E-state index contributed by atoms with van der Waals surface area (Å²) in [5, 5.41) is 11.8. The summed E-state index contributed by atoms with van der Waals surface area (Å²) in [5.41, 5.74) is 1.40. The van der Waals surface area contributed by atoms with Crippen LogP contribution in [0, 0.1) is 6.92 Å². The molecule has 28 heavy (non-hydrogen) atoms. The van der Waals surface area contributed by atoms with Gasteiger partial charge in [-0.15, -0.1) is 11.3 Å². The van der Waals surface area contributed by atoms with E-state index in [2.05, 4.69) is 4.72 Å². The van der Waals surface area contributed by atoms with Gasteiger partial charge in [-0.25, -0.2) is 8.42 Å². The lowest BCUT2D eigenvalue weighted by Gasteiger charge is -2.16. The molecule has 1 heterocycles. The van der Waals surface area contributed by atoms with Gasteiger partial charge in [-0.2, -0.15) is 4.72 Å². The molecule has 1 fully saturated rings. The van der Waals surface area contributed by atoms with E-state index < -0.39 is 21.5 Å². The van der Waals surface area contributed by atoms with Crippen LogP contribution in [0.15, 0.2) is 70.9 Å². The molecule has 1 unspecified atom stereocenters. The Morgan fingerprint density at radius 3 is 2.39 bits per heavy atom. The molecule has 1 aromatic heterocycles. The monoisotopic (exact) mass is 413 g/mol. The third-order valence-corrected chi connectivity index (χ3v) is 7.66. The van der Waals surface area contributed by atoms with Crippen LogP contribution < -0.4 is 4.72 Å². The van der Waals surface area contributed by atoms with E-state index in [1.165, 1.54) is 12.1 Å². The van der Waals surface area contributed by atoms with E-state index >= 15 is 0 Å². The Hall–Kier alpha value is -2.48. The summed E-state index contributed by atoms with van der Waals surface area (Å²) >= 11 is 1.60. The van der Waals surface area contributed by atoms with Gasteiger partial charge in [0.15, 0.2) is 0 Å². The summed E-state index contributed by atoms with van der Waals surface area (Å²) < 4.78 is 28.1. The first-order chi connectivity index (χ1) is 13.3. The second-order valence-corrected chi connectivity index (χ2v) is 9.66. The summed E-state index contributed by atoms with van der Waals surface area (Å²) in [6.45, 7) is 2.01. The number of aliphatic carboxylic acids is 1. The molecule has 0 aliphatic heterocycles. The molecule has 0 amide bonds. The maximum atomic E-state index is 12.8. The van der Waals surface area contributed by atoms with Crippen LogP contribution in [0.5, 0.6) is 0 Å². The number of nitrogens with one attached hydrogen (secondary N) is 1. The van der Waals surface area contributed by atoms with E-state index in [0.717, 1.165) is 21.6 Å². The van der Waals surface area contributed by atoms with Crippen LogP contribution in [0.25, 0.3) is 10.4 Å². The maximum absolute atomic E-state index is 12.8. The minimum Gasteiger partial charge on any atom is -0.480 e. The second kappa shape index (κ2) is 6.84. The van der Waals surface area contributed by atoms with Gasteiger partial charge < -0.3 is 5.11 Å². The first-order valence-electron chi connectivity index (χ1n) is 8.80. The largest absolute Gasteiger partial charge is 0.480 e. The van der Waals surface area contributed by atoms with Gasteiger partial charge in [-0.05, 0) is 53.6 Å². The number of carboxylic acid groups (broad SMARTS) is 1. The predicted octanol–water partition coefficient (Wildman–Crippen LogP) is 4.01. The lowest BCUT2D eigenvalue weighted by atomic mass is 10.1. The van der Waals surface area contributed by atoms with Crippen molar-refractivity contribution < 1.29 is 18.3 Å². The van der Waals surface area contributed by atoms with Crippen LogP contribution in [0.2, 0.25) is 0 Å².